The van der Waals surface area contributed by atoms with Crippen molar-refractivity contribution in [3.8, 4) is 0 Å². The van der Waals surface area contributed by atoms with Gasteiger partial charge in [0.1, 0.15) is 0 Å². The van der Waals surface area contributed by atoms with Gasteiger partial charge in [-0.05, 0) is 12.8 Å². The molecule has 0 aliphatic rings. The fraction of sp³-hybridized carbons (Fsp3) is 0.667. The molecule has 1 heterocycles. The van der Waals surface area contributed by atoms with Gasteiger partial charge < -0.3 is 4.90 Å². The lowest BCUT2D eigenvalue weighted by Crippen LogP contribution is -2.17. The van der Waals surface area contributed by atoms with Crippen molar-refractivity contribution in [1.29, 1.82) is 0 Å². The molecule has 0 unspecified atom stereocenters. The summed E-state index contributed by atoms with van der Waals surface area (Å²) in [5.74, 6) is 0. The molecular weight excluding hydrogens is 220 g/mol. The molecule has 0 saturated carbocycles. The van der Waals surface area contributed by atoms with Crippen LogP contribution in [0.4, 0.5) is 5.13 Å². The molecule has 0 aromatic carbocycles. The Bertz CT molecular complexity index is 336. The first kappa shape index (κ1) is 13.2. The molecule has 0 N–H and O–H groups in total. The van der Waals surface area contributed by atoms with Gasteiger partial charge in [-0.15, -0.1) is 0 Å². The van der Waals surface area contributed by atoms with E-state index in [-0.39, 0.29) is 0 Å². The highest BCUT2D eigenvalue weighted by molar-refractivity contribution is 7.17. The highest BCUT2D eigenvalue weighted by Crippen LogP contribution is 2.25. The minimum Gasteiger partial charge on any atom is -0.351 e. The lowest BCUT2D eigenvalue weighted by molar-refractivity contribution is 0.112. The van der Waals surface area contributed by atoms with Crippen LogP contribution < -0.4 is 4.90 Å². The maximum absolute atomic E-state index is 10.9. The fourth-order valence-corrected chi connectivity index (χ4v) is 2.43. The second-order valence-corrected chi connectivity index (χ2v) is 4.96. The van der Waals surface area contributed by atoms with E-state index in [1.54, 1.807) is 0 Å². The molecule has 0 aliphatic carbocycles. The second-order valence-electron chi connectivity index (χ2n) is 3.95. The Kier molecular flexibility index (Phi) is 5.46. The maximum Gasteiger partial charge on any atom is 0.185 e. The normalized spacial score (nSPS) is 10.4. The van der Waals surface area contributed by atoms with Crippen molar-refractivity contribution in [3.63, 3.8) is 0 Å². The first-order valence-electron chi connectivity index (χ1n) is 5.88. The maximum atomic E-state index is 10.9. The van der Waals surface area contributed by atoms with E-state index in [4.69, 9.17) is 0 Å². The molecule has 4 heteroatoms. The van der Waals surface area contributed by atoms with Gasteiger partial charge in [-0.2, -0.15) is 0 Å². The van der Waals surface area contributed by atoms with Crippen LogP contribution in [-0.4, -0.2) is 24.9 Å². The summed E-state index contributed by atoms with van der Waals surface area (Å²) >= 11 is 1.50. The molecule has 3 nitrogen and oxygen atoms in total. The van der Waals surface area contributed by atoms with E-state index >= 15 is 0 Å². The predicted octanol–water partition coefficient (Wildman–Crippen LogP) is 3.14. The van der Waals surface area contributed by atoms with E-state index in [0.29, 0.717) is 0 Å². The zero-order valence-corrected chi connectivity index (χ0v) is 11.1. The molecular formula is C12H20N2OS. The molecule has 1 aromatic heterocycles. The number of unbranched alkanes of at least 4 members (excludes halogenated alkanes) is 1. The van der Waals surface area contributed by atoms with Crippen molar-refractivity contribution in [3.05, 3.63) is 10.6 Å². The zero-order valence-electron chi connectivity index (χ0n) is 10.3. The monoisotopic (exact) mass is 240 g/mol. The zero-order chi connectivity index (χ0) is 12.0. The van der Waals surface area contributed by atoms with Crippen molar-refractivity contribution in [2.45, 2.75) is 39.5 Å². The van der Waals surface area contributed by atoms with Crippen LogP contribution in [0.5, 0.6) is 0 Å². The average Bonchev–Trinajstić information content (AvgIpc) is 2.69. The molecule has 0 bridgehead atoms. The van der Waals surface area contributed by atoms with Gasteiger partial charge in [0.2, 0.25) is 0 Å². The van der Waals surface area contributed by atoms with Gasteiger partial charge in [-0.25, -0.2) is 4.98 Å². The number of carbonyl (C=O) groups is 1. The van der Waals surface area contributed by atoms with Crippen LogP contribution in [0.1, 0.15) is 48.5 Å². The summed E-state index contributed by atoms with van der Waals surface area (Å²) in [6.07, 6.45) is 5.20. The van der Waals surface area contributed by atoms with Crippen LogP contribution >= 0.6 is 11.3 Å². The number of nitrogens with zero attached hydrogens (tertiary/aromatic N) is 2. The Morgan fingerprint density at radius 1 is 1.38 bits per heavy atom. The number of aldehydes is 1. The Morgan fingerprint density at radius 3 is 2.69 bits per heavy atom. The average molecular weight is 240 g/mol. The molecule has 0 atom stereocenters. The van der Waals surface area contributed by atoms with Gasteiger partial charge in [-0.3, -0.25) is 4.79 Å². The largest absolute Gasteiger partial charge is 0.351 e. The Morgan fingerprint density at radius 2 is 2.12 bits per heavy atom. The van der Waals surface area contributed by atoms with Gasteiger partial charge in [-0.1, -0.05) is 38.0 Å². The molecule has 0 spiro atoms. The summed E-state index contributed by atoms with van der Waals surface area (Å²) in [6, 6.07) is 0. The number of anilines is 1. The van der Waals surface area contributed by atoms with E-state index in [0.717, 1.165) is 47.8 Å². The SMILES string of the molecule is CCCCN(C)c1nc(CCC)c(C=O)s1. The Balaban J connectivity index is 2.76. The van der Waals surface area contributed by atoms with Crippen molar-refractivity contribution in [2.75, 3.05) is 18.5 Å². The van der Waals surface area contributed by atoms with Gasteiger partial charge in [0.05, 0.1) is 10.6 Å². The molecule has 0 fully saturated rings. The van der Waals surface area contributed by atoms with Gasteiger partial charge >= 0.3 is 0 Å². The van der Waals surface area contributed by atoms with E-state index < -0.39 is 0 Å². The molecule has 0 amide bonds. The number of thiazole rings is 1. The standard InChI is InChI=1S/C12H20N2OS/c1-4-6-8-14(3)12-13-10(7-5-2)11(9-15)16-12/h9H,4-8H2,1-3H3. The number of aryl methyl sites for hydroxylation is 1. The fourth-order valence-electron chi connectivity index (χ4n) is 1.51. The molecule has 0 saturated heterocycles. The summed E-state index contributed by atoms with van der Waals surface area (Å²) in [5, 5.41) is 0.971. The van der Waals surface area contributed by atoms with E-state index in [2.05, 4.69) is 23.7 Å². The second kappa shape index (κ2) is 6.63. The summed E-state index contributed by atoms with van der Waals surface area (Å²) in [6.45, 7) is 5.29. The number of rotatable bonds is 7. The Labute approximate surface area is 101 Å². The van der Waals surface area contributed by atoms with E-state index in [9.17, 15) is 4.79 Å². The van der Waals surface area contributed by atoms with Crippen LogP contribution in [0, 0.1) is 0 Å². The minimum absolute atomic E-state index is 0.792. The quantitative estimate of drug-likeness (QED) is 0.686. The number of carbonyl (C=O) groups excluding carboxylic acids is 1. The minimum atomic E-state index is 0.792. The van der Waals surface area contributed by atoms with Crippen LogP contribution in [0.3, 0.4) is 0 Å². The number of hydrogen-bond acceptors (Lipinski definition) is 4. The van der Waals surface area contributed by atoms with Crippen LogP contribution in [0.25, 0.3) is 0 Å². The van der Waals surface area contributed by atoms with Crippen LogP contribution in [0.15, 0.2) is 0 Å². The smallest absolute Gasteiger partial charge is 0.185 e. The number of hydrogen-bond donors (Lipinski definition) is 0. The number of aromatic nitrogens is 1. The van der Waals surface area contributed by atoms with Crippen LogP contribution in [-0.2, 0) is 6.42 Å². The van der Waals surface area contributed by atoms with E-state index in [1.165, 1.54) is 17.8 Å². The summed E-state index contributed by atoms with van der Waals surface area (Å²) < 4.78 is 0. The lowest BCUT2D eigenvalue weighted by Gasteiger charge is -2.14. The molecule has 1 aromatic rings. The summed E-state index contributed by atoms with van der Waals surface area (Å²) in [5.41, 5.74) is 0.959. The molecule has 0 aliphatic heterocycles. The molecule has 0 radical (unpaired) electrons. The van der Waals surface area contributed by atoms with Crippen molar-refractivity contribution in [2.24, 2.45) is 0 Å². The highest BCUT2D eigenvalue weighted by atomic mass is 32.1. The topological polar surface area (TPSA) is 33.2 Å². The third-order valence-electron chi connectivity index (χ3n) is 2.48. The van der Waals surface area contributed by atoms with Gasteiger partial charge in [0, 0.05) is 13.6 Å². The molecule has 16 heavy (non-hydrogen) atoms. The highest BCUT2D eigenvalue weighted by Gasteiger charge is 2.12. The van der Waals surface area contributed by atoms with Gasteiger partial charge in [0.25, 0.3) is 0 Å². The third kappa shape index (κ3) is 3.30. The van der Waals surface area contributed by atoms with Crippen molar-refractivity contribution < 1.29 is 4.79 Å². The van der Waals surface area contributed by atoms with E-state index in [1.807, 2.05) is 7.05 Å². The van der Waals surface area contributed by atoms with Gasteiger partial charge in [0.15, 0.2) is 11.4 Å². The van der Waals surface area contributed by atoms with Crippen molar-refractivity contribution >= 4 is 22.8 Å². The molecule has 90 valence electrons. The first-order chi connectivity index (χ1) is 7.72. The molecule has 1 rings (SSSR count). The summed E-state index contributed by atoms with van der Waals surface area (Å²) in [4.78, 5) is 18.4. The lowest BCUT2D eigenvalue weighted by atomic mass is 10.2. The summed E-state index contributed by atoms with van der Waals surface area (Å²) in [7, 11) is 2.04. The van der Waals surface area contributed by atoms with Crippen molar-refractivity contribution in [1.82, 2.24) is 4.98 Å². The predicted molar refractivity (Wildman–Crippen MR) is 69.7 cm³/mol. The third-order valence-corrected chi connectivity index (χ3v) is 3.62. The Hall–Kier alpha value is -0.900. The van der Waals surface area contributed by atoms with Crippen LogP contribution in [0.2, 0.25) is 0 Å². The first-order valence-corrected chi connectivity index (χ1v) is 6.70.